The zero-order valence-electron chi connectivity index (χ0n) is 17.0. The molecule has 2 aromatic rings. The highest BCUT2D eigenvalue weighted by molar-refractivity contribution is 8.18. The fraction of sp³-hybridized carbons (Fsp3) is 0.190. The summed E-state index contributed by atoms with van der Waals surface area (Å²) in [6.07, 6.45) is 1.37. The third kappa shape index (κ3) is 4.92. The van der Waals surface area contributed by atoms with Crippen LogP contribution in [0.25, 0.3) is 6.08 Å². The van der Waals surface area contributed by atoms with Gasteiger partial charge in [0.25, 0.3) is 11.1 Å². The maximum absolute atomic E-state index is 12.6. The molecule has 0 spiro atoms. The molecule has 0 unspecified atom stereocenters. The van der Waals surface area contributed by atoms with Crippen molar-refractivity contribution in [2.75, 3.05) is 19.0 Å². The van der Waals surface area contributed by atoms with Crippen LogP contribution in [0.2, 0.25) is 0 Å². The number of rotatable bonds is 6. The van der Waals surface area contributed by atoms with Crippen molar-refractivity contribution in [2.45, 2.75) is 13.8 Å². The molecule has 0 bridgehead atoms. The number of thioether (sulfide) groups is 1. The Balaban J connectivity index is 1.75. The first-order valence-corrected chi connectivity index (χ1v) is 9.96. The Kier molecular flexibility index (Phi) is 6.40. The van der Waals surface area contributed by atoms with Crippen LogP contribution in [-0.2, 0) is 9.59 Å². The SMILES string of the molecule is COc1ccc(/C=C2/SC(=O)N(CC(=O)Nc3ccc(C)cc3C)C2=O)cc1[N+](=O)[O-]. The van der Waals surface area contributed by atoms with Crippen LogP contribution in [0.15, 0.2) is 41.3 Å². The van der Waals surface area contributed by atoms with Gasteiger partial charge in [-0.3, -0.25) is 29.4 Å². The van der Waals surface area contributed by atoms with E-state index in [-0.39, 0.29) is 16.3 Å². The monoisotopic (exact) mass is 441 g/mol. The average molecular weight is 441 g/mol. The number of methoxy groups -OCH3 is 1. The third-order valence-corrected chi connectivity index (χ3v) is 5.44. The first-order chi connectivity index (χ1) is 14.7. The third-order valence-electron chi connectivity index (χ3n) is 4.53. The lowest BCUT2D eigenvalue weighted by Crippen LogP contribution is -2.36. The van der Waals surface area contributed by atoms with E-state index in [1.54, 1.807) is 6.07 Å². The van der Waals surface area contributed by atoms with E-state index in [9.17, 15) is 24.5 Å². The fourth-order valence-electron chi connectivity index (χ4n) is 3.01. The van der Waals surface area contributed by atoms with Gasteiger partial charge in [-0.05, 0) is 54.9 Å². The number of ether oxygens (including phenoxy) is 1. The molecule has 1 N–H and O–H groups in total. The molecular formula is C21H19N3O6S. The second-order valence-electron chi connectivity index (χ2n) is 6.82. The van der Waals surface area contributed by atoms with Crippen LogP contribution < -0.4 is 10.1 Å². The zero-order valence-corrected chi connectivity index (χ0v) is 17.8. The van der Waals surface area contributed by atoms with E-state index in [1.165, 1.54) is 31.4 Å². The van der Waals surface area contributed by atoms with Crippen molar-refractivity contribution in [3.63, 3.8) is 0 Å². The molecule has 0 radical (unpaired) electrons. The molecule has 31 heavy (non-hydrogen) atoms. The fourth-order valence-corrected chi connectivity index (χ4v) is 3.85. The molecule has 0 aliphatic carbocycles. The lowest BCUT2D eigenvalue weighted by atomic mass is 10.1. The molecule has 1 aliphatic rings. The van der Waals surface area contributed by atoms with Crippen molar-refractivity contribution in [1.82, 2.24) is 4.90 Å². The normalized spacial score (nSPS) is 14.8. The summed E-state index contributed by atoms with van der Waals surface area (Å²) in [6, 6.07) is 9.71. The molecule has 3 rings (SSSR count). The number of amides is 3. The van der Waals surface area contributed by atoms with Crippen molar-refractivity contribution in [3.8, 4) is 5.75 Å². The highest BCUT2D eigenvalue weighted by atomic mass is 32.2. The van der Waals surface area contributed by atoms with Crippen LogP contribution in [0.5, 0.6) is 5.75 Å². The van der Waals surface area contributed by atoms with Gasteiger partial charge in [-0.25, -0.2) is 0 Å². The summed E-state index contributed by atoms with van der Waals surface area (Å²) in [7, 11) is 1.32. The second-order valence-corrected chi connectivity index (χ2v) is 7.82. The summed E-state index contributed by atoms with van der Waals surface area (Å²) in [6.45, 7) is 3.35. The smallest absolute Gasteiger partial charge is 0.311 e. The summed E-state index contributed by atoms with van der Waals surface area (Å²) in [4.78, 5) is 48.8. The van der Waals surface area contributed by atoms with Crippen molar-refractivity contribution in [2.24, 2.45) is 0 Å². The van der Waals surface area contributed by atoms with E-state index in [1.807, 2.05) is 26.0 Å². The van der Waals surface area contributed by atoms with Gasteiger partial charge >= 0.3 is 5.69 Å². The molecule has 10 heteroatoms. The Morgan fingerprint density at radius 2 is 1.97 bits per heavy atom. The molecule has 0 saturated carbocycles. The largest absolute Gasteiger partial charge is 0.490 e. The molecule has 1 saturated heterocycles. The summed E-state index contributed by atoms with van der Waals surface area (Å²) < 4.78 is 4.95. The number of nitrogens with one attached hydrogen (secondary N) is 1. The van der Waals surface area contributed by atoms with E-state index >= 15 is 0 Å². The van der Waals surface area contributed by atoms with E-state index < -0.39 is 28.5 Å². The van der Waals surface area contributed by atoms with Crippen molar-refractivity contribution in [1.29, 1.82) is 0 Å². The molecule has 160 valence electrons. The van der Waals surface area contributed by atoms with Gasteiger partial charge < -0.3 is 10.1 Å². The Morgan fingerprint density at radius 1 is 1.23 bits per heavy atom. The quantitative estimate of drug-likeness (QED) is 0.410. The Hall–Kier alpha value is -3.66. The van der Waals surface area contributed by atoms with E-state index in [2.05, 4.69) is 5.32 Å². The molecule has 3 amide bonds. The van der Waals surface area contributed by atoms with E-state index in [0.717, 1.165) is 16.0 Å². The number of imide groups is 1. The highest BCUT2D eigenvalue weighted by Gasteiger charge is 2.36. The maximum atomic E-state index is 12.6. The predicted molar refractivity (Wildman–Crippen MR) is 117 cm³/mol. The lowest BCUT2D eigenvalue weighted by Gasteiger charge is -2.14. The van der Waals surface area contributed by atoms with Crippen molar-refractivity contribution in [3.05, 3.63) is 68.1 Å². The summed E-state index contributed by atoms with van der Waals surface area (Å²) in [5.74, 6) is -1.06. The molecule has 0 aromatic heterocycles. The topological polar surface area (TPSA) is 119 Å². The van der Waals surface area contributed by atoms with Crippen molar-refractivity contribution < 1.29 is 24.0 Å². The van der Waals surface area contributed by atoms with Crippen LogP contribution in [0.4, 0.5) is 16.2 Å². The molecule has 1 fully saturated rings. The van der Waals surface area contributed by atoms with Crippen LogP contribution >= 0.6 is 11.8 Å². The number of nitro groups is 1. The zero-order chi connectivity index (χ0) is 22.7. The second kappa shape index (κ2) is 9.00. The molecular weight excluding hydrogens is 422 g/mol. The number of hydrogen-bond acceptors (Lipinski definition) is 7. The van der Waals surface area contributed by atoms with E-state index in [4.69, 9.17) is 4.74 Å². The Labute approximate surface area is 182 Å². The number of hydrogen-bond donors (Lipinski definition) is 1. The van der Waals surface area contributed by atoms with Gasteiger partial charge in [-0.1, -0.05) is 23.8 Å². The number of carbonyl (C=O) groups excluding carboxylic acids is 3. The molecule has 2 aromatic carbocycles. The van der Waals surface area contributed by atoms with Gasteiger partial charge in [0.1, 0.15) is 6.54 Å². The molecule has 9 nitrogen and oxygen atoms in total. The minimum Gasteiger partial charge on any atom is -0.490 e. The summed E-state index contributed by atoms with van der Waals surface area (Å²) in [5.41, 5.74) is 2.61. The lowest BCUT2D eigenvalue weighted by molar-refractivity contribution is -0.385. The highest BCUT2D eigenvalue weighted by Crippen LogP contribution is 2.34. The van der Waals surface area contributed by atoms with E-state index in [0.29, 0.717) is 23.0 Å². The number of aryl methyl sites for hydroxylation is 2. The predicted octanol–water partition coefficient (Wildman–Crippen LogP) is 3.90. The van der Waals surface area contributed by atoms with Gasteiger partial charge in [0, 0.05) is 11.8 Å². The van der Waals surface area contributed by atoms with Gasteiger partial charge in [-0.15, -0.1) is 0 Å². The van der Waals surface area contributed by atoms with Gasteiger partial charge in [0.15, 0.2) is 5.75 Å². The summed E-state index contributed by atoms with van der Waals surface area (Å²) in [5, 5.41) is 13.3. The minimum absolute atomic E-state index is 0.0729. The van der Waals surface area contributed by atoms with Gasteiger partial charge in [0.05, 0.1) is 16.9 Å². The van der Waals surface area contributed by atoms with Crippen LogP contribution in [-0.4, -0.2) is 40.5 Å². The Morgan fingerprint density at radius 3 is 2.61 bits per heavy atom. The standard InChI is InChI=1S/C21H19N3O6S/c1-12-4-6-15(13(2)8-12)22-19(25)11-23-20(26)18(31-21(23)27)10-14-5-7-17(30-3)16(9-14)24(28)29/h4-10H,11H2,1-3H3,(H,22,25)/b18-10+. The number of nitro benzene ring substituents is 1. The minimum atomic E-state index is -0.635. The Bertz CT molecular complexity index is 1130. The molecule has 0 atom stereocenters. The number of anilines is 1. The van der Waals surface area contributed by atoms with Crippen LogP contribution in [0.1, 0.15) is 16.7 Å². The first kappa shape index (κ1) is 22.0. The molecule has 1 heterocycles. The number of benzene rings is 2. The molecule has 1 aliphatic heterocycles. The number of carbonyl (C=O) groups is 3. The van der Waals surface area contributed by atoms with Crippen LogP contribution in [0.3, 0.4) is 0 Å². The van der Waals surface area contributed by atoms with Crippen molar-refractivity contribution >= 4 is 46.3 Å². The average Bonchev–Trinajstić information content (AvgIpc) is 2.97. The van der Waals surface area contributed by atoms with Crippen LogP contribution in [0, 0.1) is 24.0 Å². The maximum Gasteiger partial charge on any atom is 0.311 e. The summed E-state index contributed by atoms with van der Waals surface area (Å²) >= 11 is 0.672. The van der Waals surface area contributed by atoms with Gasteiger partial charge in [-0.2, -0.15) is 0 Å². The number of nitrogens with zero attached hydrogens (tertiary/aromatic N) is 2. The first-order valence-electron chi connectivity index (χ1n) is 9.14. The van der Waals surface area contributed by atoms with Gasteiger partial charge in [0.2, 0.25) is 5.91 Å².